The first kappa shape index (κ1) is 17.8. The number of rotatable bonds is 7. The van der Waals surface area contributed by atoms with Gasteiger partial charge < -0.3 is 15.2 Å². The highest BCUT2D eigenvalue weighted by Crippen LogP contribution is 2.29. The minimum absolute atomic E-state index is 0.263. The Labute approximate surface area is 150 Å². The van der Waals surface area contributed by atoms with E-state index in [4.69, 9.17) is 15.2 Å². The molecule has 0 bridgehead atoms. The molecule has 0 spiro atoms. The van der Waals surface area contributed by atoms with Crippen molar-refractivity contribution in [3.8, 4) is 11.5 Å². The first-order valence-electron chi connectivity index (χ1n) is 9.08. The molecule has 25 heavy (non-hydrogen) atoms. The lowest BCUT2D eigenvalue weighted by atomic mass is 10.1. The molecular weight excluding hydrogens is 312 g/mol. The summed E-state index contributed by atoms with van der Waals surface area (Å²) >= 11 is 0. The van der Waals surface area contributed by atoms with Crippen LogP contribution < -0.4 is 15.2 Å². The topological polar surface area (TPSA) is 47.7 Å². The number of para-hydroxylation sites is 2. The van der Waals surface area contributed by atoms with Gasteiger partial charge in [0.15, 0.2) is 11.5 Å². The average molecular weight is 340 g/mol. The molecule has 1 aliphatic rings. The summed E-state index contributed by atoms with van der Waals surface area (Å²) in [6.07, 6.45) is 3.30. The lowest BCUT2D eigenvalue weighted by Gasteiger charge is -2.32. The number of hydrogen-bond acceptors (Lipinski definition) is 4. The molecule has 1 saturated heterocycles. The lowest BCUT2D eigenvalue weighted by molar-refractivity contribution is 0.0943. The van der Waals surface area contributed by atoms with E-state index in [1.165, 1.54) is 11.1 Å². The molecule has 2 aromatic rings. The maximum absolute atomic E-state index is 6.15. The van der Waals surface area contributed by atoms with Crippen LogP contribution in [0.2, 0.25) is 0 Å². The molecule has 0 saturated carbocycles. The van der Waals surface area contributed by atoms with Gasteiger partial charge in [0.2, 0.25) is 0 Å². The van der Waals surface area contributed by atoms with Gasteiger partial charge in [0.1, 0.15) is 6.10 Å². The molecule has 2 aromatic carbocycles. The summed E-state index contributed by atoms with van der Waals surface area (Å²) in [7, 11) is 1.68. The third-order valence-corrected chi connectivity index (χ3v) is 4.76. The molecule has 134 valence electrons. The van der Waals surface area contributed by atoms with Crippen molar-refractivity contribution >= 4 is 0 Å². The SMILES string of the molecule is COc1ccccc1OC1CCN(Cc2ccc(CCN)cc2)CC1. The molecule has 0 amide bonds. The molecule has 0 atom stereocenters. The van der Waals surface area contributed by atoms with Gasteiger partial charge in [-0.1, -0.05) is 36.4 Å². The summed E-state index contributed by atoms with van der Waals surface area (Å²) in [5.41, 5.74) is 8.29. The Hall–Kier alpha value is -2.04. The van der Waals surface area contributed by atoms with E-state index >= 15 is 0 Å². The van der Waals surface area contributed by atoms with E-state index in [0.29, 0.717) is 6.54 Å². The van der Waals surface area contributed by atoms with Gasteiger partial charge in [-0.15, -0.1) is 0 Å². The van der Waals surface area contributed by atoms with Crippen LogP contribution in [-0.2, 0) is 13.0 Å². The number of piperidine rings is 1. The second-order valence-corrected chi connectivity index (χ2v) is 6.60. The fourth-order valence-electron chi connectivity index (χ4n) is 3.32. The average Bonchev–Trinajstić information content (AvgIpc) is 2.66. The summed E-state index contributed by atoms with van der Waals surface area (Å²) < 4.78 is 11.5. The lowest BCUT2D eigenvalue weighted by Crippen LogP contribution is -2.37. The van der Waals surface area contributed by atoms with Gasteiger partial charge in [0.25, 0.3) is 0 Å². The van der Waals surface area contributed by atoms with Gasteiger partial charge in [-0.05, 0) is 49.1 Å². The van der Waals surface area contributed by atoms with Crippen LogP contribution in [0.4, 0.5) is 0 Å². The van der Waals surface area contributed by atoms with Crippen LogP contribution in [0.3, 0.4) is 0 Å². The van der Waals surface area contributed by atoms with Crippen molar-refractivity contribution in [1.82, 2.24) is 4.90 Å². The van der Waals surface area contributed by atoms with Gasteiger partial charge in [-0.2, -0.15) is 0 Å². The van der Waals surface area contributed by atoms with Crippen molar-refractivity contribution in [2.24, 2.45) is 5.73 Å². The van der Waals surface area contributed by atoms with Crippen molar-refractivity contribution in [2.75, 3.05) is 26.7 Å². The zero-order chi connectivity index (χ0) is 17.5. The van der Waals surface area contributed by atoms with E-state index in [2.05, 4.69) is 29.2 Å². The summed E-state index contributed by atoms with van der Waals surface area (Å²) in [4.78, 5) is 2.50. The van der Waals surface area contributed by atoms with E-state index in [9.17, 15) is 0 Å². The van der Waals surface area contributed by atoms with Gasteiger partial charge in [-0.3, -0.25) is 4.90 Å². The Morgan fingerprint density at radius 1 is 0.960 bits per heavy atom. The van der Waals surface area contributed by atoms with Crippen LogP contribution in [0.15, 0.2) is 48.5 Å². The summed E-state index contributed by atoms with van der Waals surface area (Å²) in [5, 5.41) is 0. The van der Waals surface area contributed by atoms with Crippen LogP contribution in [0.25, 0.3) is 0 Å². The van der Waals surface area contributed by atoms with Crippen molar-refractivity contribution < 1.29 is 9.47 Å². The molecule has 1 fully saturated rings. The van der Waals surface area contributed by atoms with E-state index in [1.54, 1.807) is 7.11 Å². The van der Waals surface area contributed by atoms with E-state index in [0.717, 1.165) is 50.4 Å². The molecule has 3 rings (SSSR count). The fourth-order valence-corrected chi connectivity index (χ4v) is 3.32. The van der Waals surface area contributed by atoms with E-state index in [-0.39, 0.29) is 6.10 Å². The first-order chi connectivity index (χ1) is 12.3. The van der Waals surface area contributed by atoms with Crippen LogP contribution in [0.5, 0.6) is 11.5 Å². The van der Waals surface area contributed by atoms with Gasteiger partial charge in [0, 0.05) is 19.6 Å². The zero-order valence-corrected chi connectivity index (χ0v) is 15.0. The number of hydrogen-bond donors (Lipinski definition) is 1. The van der Waals surface area contributed by atoms with Crippen molar-refractivity contribution in [3.63, 3.8) is 0 Å². The molecule has 2 N–H and O–H groups in total. The zero-order valence-electron chi connectivity index (χ0n) is 15.0. The normalized spacial score (nSPS) is 15.9. The van der Waals surface area contributed by atoms with Crippen molar-refractivity contribution in [3.05, 3.63) is 59.7 Å². The largest absolute Gasteiger partial charge is 0.493 e. The highest BCUT2D eigenvalue weighted by molar-refractivity contribution is 5.39. The maximum Gasteiger partial charge on any atom is 0.161 e. The fraction of sp³-hybridized carbons (Fsp3) is 0.429. The molecule has 1 aliphatic heterocycles. The second kappa shape index (κ2) is 8.88. The Bertz CT molecular complexity index is 649. The Morgan fingerprint density at radius 3 is 2.24 bits per heavy atom. The monoisotopic (exact) mass is 340 g/mol. The predicted octanol–water partition coefficient (Wildman–Crippen LogP) is 3.24. The predicted molar refractivity (Wildman–Crippen MR) is 101 cm³/mol. The molecule has 0 aromatic heterocycles. The van der Waals surface area contributed by atoms with Crippen LogP contribution in [0.1, 0.15) is 24.0 Å². The third-order valence-electron chi connectivity index (χ3n) is 4.76. The van der Waals surface area contributed by atoms with E-state index < -0.39 is 0 Å². The number of methoxy groups -OCH3 is 1. The Kier molecular flexibility index (Phi) is 6.31. The van der Waals surface area contributed by atoms with Gasteiger partial charge >= 0.3 is 0 Å². The quantitative estimate of drug-likeness (QED) is 0.840. The van der Waals surface area contributed by atoms with Gasteiger partial charge in [-0.25, -0.2) is 0 Å². The smallest absolute Gasteiger partial charge is 0.161 e. The highest BCUT2D eigenvalue weighted by atomic mass is 16.5. The number of nitrogens with zero attached hydrogens (tertiary/aromatic N) is 1. The molecule has 0 unspecified atom stereocenters. The molecule has 4 heteroatoms. The summed E-state index contributed by atoms with van der Waals surface area (Å²) in [6.45, 7) is 3.83. The van der Waals surface area contributed by atoms with E-state index in [1.807, 2.05) is 24.3 Å². The number of ether oxygens (including phenoxy) is 2. The van der Waals surface area contributed by atoms with Crippen LogP contribution >= 0.6 is 0 Å². The first-order valence-corrected chi connectivity index (χ1v) is 9.08. The standard InChI is InChI=1S/C21H28N2O2/c1-24-20-4-2-3-5-21(20)25-19-11-14-23(15-12-19)16-18-8-6-17(7-9-18)10-13-22/h2-9,19H,10-16,22H2,1H3. The molecular formula is C21H28N2O2. The summed E-state index contributed by atoms with van der Waals surface area (Å²) in [5.74, 6) is 1.65. The van der Waals surface area contributed by atoms with Gasteiger partial charge in [0.05, 0.1) is 7.11 Å². The molecule has 4 nitrogen and oxygen atoms in total. The number of benzene rings is 2. The Balaban J connectivity index is 1.48. The van der Waals surface area contributed by atoms with Crippen molar-refractivity contribution in [2.45, 2.75) is 31.9 Å². The van der Waals surface area contributed by atoms with Crippen molar-refractivity contribution in [1.29, 1.82) is 0 Å². The minimum atomic E-state index is 0.263. The van der Waals surface area contributed by atoms with Crippen LogP contribution in [0, 0.1) is 0 Å². The molecule has 1 heterocycles. The maximum atomic E-state index is 6.15. The minimum Gasteiger partial charge on any atom is -0.493 e. The number of likely N-dealkylation sites (tertiary alicyclic amines) is 1. The summed E-state index contributed by atoms with van der Waals surface area (Å²) in [6, 6.07) is 16.7. The number of nitrogens with two attached hydrogens (primary N) is 1. The third kappa shape index (κ3) is 4.97. The molecule has 0 radical (unpaired) electrons. The highest BCUT2D eigenvalue weighted by Gasteiger charge is 2.21. The molecule has 0 aliphatic carbocycles. The Morgan fingerprint density at radius 2 is 1.60 bits per heavy atom. The second-order valence-electron chi connectivity index (χ2n) is 6.60. The van der Waals surface area contributed by atoms with Crippen LogP contribution in [-0.4, -0.2) is 37.7 Å².